The van der Waals surface area contributed by atoms with Crippen LogP contribution in [0.3, 0.4) is 0 Å². The molecule has 1 heterocycles. The van der Waals surface area contributed by atoms with E-state index in [1.165, 1.54) is 0 Å². The number of para-hydroxylation sites is 1. The Morgan fingerprint density at radius 2 is 1.79 bits per heavy atom. The molecule has 0 saturated heterocycles. The van der Waals surface area contributed by atoms with E-state index in [1.807, 2.05) is 6.07 Å². The summed E-state index contributed by atoms with van der Waals surface area (Å²) < 4.78 is 15.6. The quantitative estimate of drug-likeness (QED) is 0.601. The third kappa shape index (κ3) is 4.73. The third-order valence-corrected chi connectivity index (χ3v) is 4.21. The Hall–Kier alpha value is -3.81. The van der Waals surface area contributed by atoms with E-state index >= 15 is 0 Å². The number of nitrogens with zero attached hydrogens (tertiary/aromatic N) is 1. The summed E-state index contributed by atoms with van der Waals surface area (Å²) in [5.41, 5.74) is 1.25. The lowest BCUT2D eigenvalue weighted by atomic mass is 10.0. The maximum absolute atomic E-state index is 12.3. The smallest absolute Gasteiger partial charge is 0.375 e. The monoisotopic (exact) mass is 396 g/mol. The zero-order valence-corrected chi connectivity index (χ0v) is 15.9. The third-order valence-electron chi connectivity index (χ3n) is 4.21. The van der Waals surface area contributed by atoms with Crippen molar-refractivity contribution in [3.05, 3.63) is 65.9 Å². The standard InChI is InChI=1S/C21H20N2O6/c1-13(22-17(24)12-28-16-6-4-3-5-7-16)18-19(23-29-20(18)21(25)26)14-8-10-15(27-2)11-9-14/h3-11,13H,12H2,1-2H3,(H,22,24)(H,25,26). The fourth-order valence-electron chi connectivity index (χ4n) is 2.83. The van der Waals surface area contributed by atoms with Gasteiger partial charge in [-0.2, -0.15) is 0 Å². The Morgan fingerprint density at radius 1 is 1.10 bits per heavy atom. The topological polar surface area (TPSA) is 111 Å². The minimum absolute atomic E-state index is 0.208. The molecule has 2 N–H and O–H groups in total. The number of hydrogen-bond donors (Lipinski definition) is 2. The van der Waals surface area contributed by atoms with Crippen molar-refractivity contribution in [2.75, 3.05) is 13.7 Å². The normalized spacial score (nSPS) is 11.5. The highest BCUT2D eigenvalue weighted by Gasteiger charge is 2.28. The molecule has 1 amide bonds. The highest BCUT2D eigenvalue weighted by Crippen LogP contribution is 2.31. The molecule has 0 aliphatic rings. The van der Waals surface area contributed by atoms with Gasteiger partial charge in [-0.25, -0.2) is 4.79 Å². The number of rotatable bonds is 8. The van der Waals surface area contributed by atoms with Crippen LogP contribution in [-0.2, 0) is 4.79 Å². The van der Waals surface area contributed by atoms with Gasteiger partial charge in [0.2, 0.25) is 5.76 Å². The Kier molecular flexibility index (Phi) is 6.13. The molecule has 0 spiro atoms. The zero-order valence-electron chi connectivity index (χ0n) is 15.9. The molecule has 0 aliphatic heterocycles. The Bertz CT molecular complexity index is 982. The van der Waals surface area contributed by atoms with Gasteiger partial charge in [-0.15, -0.1) is 0 Å². The Labute approximate surface area is 167 Å². The number of amides is 1. The van der Waals surface area contributed by atoms with Crippen LogP contribution in [0.4, 0.5) is 0 Å². The van der Waals surface area contributed by atoms with Crippen molar-refractivity contribution in [3.63, 3.8) is 0 Å². The first kappa shape index (κ1) is 19.9. The lowest BCUT2D eigenvalue weighted by Crippen LogP contribution is -2.32. The average Bonchev–Trinajstić information content (AvgIpc) is 3.19. The van der Waals surface area contributed by atoms with E-state index < -0.39 is 17.9 Å². The van der Waals surface area contributed by atoms with Crippen LogP contribution < -0.4 is 14.8 Å². The molecule has 2 aromatic carbocycles. The van der Waals surface area contributed by atoms with Crippen LogP contribution in [-0.4, -0.2) is 35.9 Å². The minimum Gasteiger partial charge on any atom is -0.497 e. The molecular weight excluding hydrogens is 376 g/mol. The molecule has 0 bridgehead atoms. The van der Waals surface area contributed by atoms with Gasteiger partial charge in [0.05, 0.1) is 18.7 Å². The van der Waals surface area contributed by atoms with Crippen molar-refractivity contribution in [1.29, 1.82) is 0 Å². The maximum Gasteiger partial charge on any atom is 0.375 e. The molecular formula is C21H20N2O6. The number of carboxylic acids is 1. The minimum atomic E-state index is -1.27. The number of carboxylic acid groups (broad SMARTS) is 1. The zero-order chi connectivity index (χ0) is 20.8. The predicted octanol–water partition coefficient (Wildman–Crippen LogP) is 3.30. The molecule has 0 aliphatic carbocycles. The lowest BCUT2D eigenvalue weighted by Gasteiger charge is -2.15. The SMILES string of the molecule is COc1ccc(-c2noc(C(=O)O)c2C(C)NC(=O)COc2ccccc2)cc1. The lowest BCUT2D eigenvalue weighted by molar-refractivity contribution is -0.123. The summed E-state index contributed by atoms with van der Waals surface area (Å²) in [4.78, 5) is 23.9. The van der Waals surface area contributed by atoms with Crippen LogP contribution in [0.5, 0.6) is 11.5 Å². The van der Waals surface area contributed by atoms with Crippen molar-refractivity contribution >= 4 is 11.9 Å². The summed E-state index contributed by atoms with van der Waals surface area (Å²) in [6.07, 6.45) is 0. The van der Waals surface area contributed by atoms with E-state index in [0.29, 0.717) is 22.8 Å². The van der Waals surface area contributed by atoms with Gasteiger partial charge in [0, 0.05) is 5.56 Å². The summed E-state index contributed by atoms with van der Waals surface area (Å²) in [6.45, 7) is 1.45. The van der Waals surface area contributed by atoms with E-state index in [4.69, 9.17) is 14.0 Å². The van der Waals surface area contributed by atoms with Gasteiger partial charge in [0.25, 0.3) is 5.91 Å². The van der Waals surface area contributed by atoms with Gasteiger partial charge in [-0.1, -0.05) is 23.4 Å². The fraction of sp³-hybridized carbons (Fsp3) is 0.190. The number of nitrogens with one attached hydrogen (secondary N) is 1. The van der Waals surface area contributed by atoms with Crippen LogP contribution in [0.2, 0.25) is 0 Å². The van der Waals surface area contributed by atoms with Crippen LogP contribution >= 0.6 is 0 Å². The molecule has 3 rings (SSSR count). The number of carbonyl (C=O) groups is 2. The number of aromatic carboxylic acids is 1. The van der Waals surface area contributed by atoms with Gasteiger partial charge in [0.1, 0.15) is 17.2 Å². The van der Waals surface area contributed by atoms with Gasteiger partial charge in [0.15, 0.2) is 6.61 Å². The number of benzene rings is 2. The largest absolute Gasteiger partial charge is 0.497 e. The molecule has 1 aromatic heterocycles. The summed E-state index contributed by atoms with van der Waals surface area (Å²) in [6, 6.07) is 15.2. The Balaban J connectivity index is 1.79. The first-order valence-corrected chi connectivity index (χ1v) is 8.84. The van der Waals surface area contributed by atoms with Crippen LogP contribution in [0.1, 0.15) is 29.1 Å². The summed E-state index contributed by atoms with van der Waals surface area (Å²) >= 11 is 0. The second-order valence-corrected chi connectivity index (χ2v) is 6.20. The molecule has 0 radical (unpaired) electrons. The van der Waals surface area contributed by atoms with E-state index in [1.54, 1.807) is 62.6 Å². The molecule has 150 valence electrons. The van der Waals surface area contributed by atoms with Crippen molar-refractivity contribution in [1.82, 2.24) is 10.5 Å². The van der Waals surface area contributed by atoms with Crippen molar-refractivity contribution in [2.45, 2.75) is 13.0 Å². The van der Waals surface area contributed by atoms with Crippen molar-refractivity contribution in [3.8, 4) is 22.8 Å². The van der Waals surface area contributed by atoms with E-state index in [-0.39, 0.29) is 17.9 Å². The Morgan fingerprint density at radius 3 is 2.41 bits per heavy atom. The number of carbonyl (C=O) groups excluding carboxylic acids is 1. The average molecular weight is 396 g/mol. The van der Waals surface area contributed by atoms with Crippen LogP contribution in [0.15, 0.2) is 59.1 Å². The number of methoxy groups -OCH3 is 1. The molecule has 29 heavy (non-hydrogen) atoms. The summed E-state index contributed by atoms with van der Waals surface area (Å²) in [5, 5.41) is 16.1. The number of aromatic nitrogens is 1. The number of ether oxygens (including phenoxy) is 2. The first-order valence-electron chi connectivity index (χ1n) is 8.84. The molecule has 0 saturated carbocycles. The van der Waals surface area contributed by atoms with E-state index in [2.05, 4.69) is 10.5 Å². The second kappa shape index (κ2) is 8.92. The second-order valence-electron chi connectivity index (χ2n) is 6.20. The van der Waals surface area contributed by atoms with Gasteiger partial charge >= 0.3 is 5.97 Å². The fourth-order valence-corrected chi connectivity index (χ4v) is 2.83. The highest BCUT2D eigenvalue weighted by atomic mass is 16.5. The molecule has 1 unspecified atom stereocenters. The summed E-state index contributed by atoms with van der Waals surface area (Å²) in [7, 11) is 1.55. The highest BCUT2D eigenvalue weighted by molar-refractivity contribution is 5.89. The van der Waals surface area contributed by atoms with Crippen LogP contribution in [0, 0.1) is 0 Å². The first-order chi connectivity index (χ1) is 14.0. The summed E-state index contributed by atoms with van der Waals surface area (Å²) in [5.74, 6) is -0.789. The van der Waals surface area contributed by atoms with Crippen molar-refractivity contribution in [2.24, 2.45) is 0 Å². The molecule has 1 atom stereocenters. The van der Waals surface area contributed by atoms with Gasteiger partial charge < -0.3 is 24.4 Å². The molecule has 3 aromatic rings. The van der Waals surface area contributed by atoms with Gasteiger partial charge in [-0.05, 0) is 43.3 Å². The van der Waals surface area contributed by atoms with Gasteiger partial charge in [-0.3, -0.25) is 4.79 Å². The van der Waals surface area contributed by atoms with Crippen LogP contribution in [0.25, 0.3) is 11.3 Å². The molecule has 8 nitrogen and oxygen atoms in total. The molecule has 8 heteroatoms. The predicted molar refractivity (Wildman–Crippen MR) is 104 cm³/mol. The molecule has 0 fully saturated rings. The van der Waals surface area contributed by atoms with E-state index in [0.717, 1.165) is 0 Å². The number of hydrogen-bond acceptors (Lipinski definition) is 6. The maximum atomic E-state index is 12.3. The van der Waals surface area contributed by atoms with Crippen molar-refractivity contribution < 1.29 is 28.7 Å². The van der Waals surface area contributed by atoms with E-state index in [9.17, 15) is 14.7 Å².